The maximum absolute atomic E-state index is 12.8. The quantitative estimate of drug-likeness (QED) is 0.361. The summed E-state index contributed by atoms with van der Waals surface area (Å²) in [6.07, 6.45) is 11.2. The Morgan fingerprint density at radius 1 is 0.871 bits per heavy atom. The zero-order valence-corrected chi connectivity index (χ0v) is 19.7. The van der Waals surface area contributed by atoms with Crippen LogP contribution in [0.4, 0.5) is 0 Å². The number of aryl methyl sites for hydroxylation is 1. The molecule has 2 aromatic carbocycles. The third-order valence-corrected chi connectivity index (χ3v) is 6.88. The summed E-state index contributed by atoms with van der Waals surface area (Å²) in [5, 5.41) is 0. The van der Waals surface area contributed by atoms with Crippen molar-refractivity contribution in [2.45, 2.75) is 91.1 Å². The lowest BCUT2D eigenvalue weighted by Gasteiger charge is -2.28. The topological polar surface area (TPSA) is 26.3 Å². The van der Waals surface area contributed by atoms with E-state index in [1.807, 2.05) is 0 Å². The molecular weight excluding hydrogens is 380 g/mol. The lowest BCUT2D eigenvalue weighted by molar-refractivity contribution is -0.156. The van der Waals surface area contributed by atoms with Crippen molar-refractivity contribution >= 4 is 5.97 Å². The monoisotopic (exact) mass is 420 g/mol. The zero-order chi connectivity index (χ0) is 22.1. The molecule has 0 radical (unpaired) electrons. The Morgan fingerprint density at radius 2 is 1.48 bits per heavy atom. The average Bonchev–Trinajstić information content (AvgIpc) is 2.82. The Labute approximate surface area is 189 Å². The molecule has 0 amide bonds. The van der Waals surface area contributed by atoms with Crippen molar-refractivity contribution in [3.63, 3.8) is 0 Å². The van der Waals surface area contributed by atoms with Gasteiger partial charge in [-0.15, -0.1) is 0 Å². The van der Waals surface area contributed by atoms with Gasteiger partial charge in [0.1, 0.15) is 6.10 Å². The number of esters is 1. The summed E-state index contributed by atoms with van der Waals surface area (Å²) in [5.74, 6) is 0.916. The van der Waals surface area contributed by atoms with E-state index in [1.54, 1.807) is 0 Å². The predicted octanol–water partition coefficient (Wildman–Crippen LogP) is 8.30. The average molecular weight is 421 g/mol. The molecule has 1 fully saturated rings. The second kappa shape index (κ2) is 12.1. The molecule has 1 saturated carbocycles. The normalized spacial score (nSPS) is 19.7. The molecule has 1 atom stereocenters. The van der Waals surface area contributed by atoms with Crippen LogP contribution in [0.5, 0.6) is 0 Å². The van der Waals surface area contributed by atoms with Crippen molar-refractivity contribution in [1.29, 1.82) is 0 Å². The van der Waals surface area contributed by atoms with E-state index in [4.69, 9.17) is 4.74 Å². The number of carbonyl (C=O) groups excluding carboxylic acids is 1. The summed E-state index contributed by atoms with van der Waals surface area (Å²) < 4.78 is 5.99. The Balaban J connectivity index is 1.56. The lowest BCUT2D eigenvalue weighted by atomic mass is 9.80. The van der Waals surface area contributed by atoms with E-state index in [2.05, 4.69) is 69.3 Å². The van der Waals surface area contributed by atoms with Gasteiger partial charge in [-0.25, -0.2) is 0 Å². The Morgan fingerprint density at radius 3 is 2.03 bits per heavy atom. The van der Waals surface area contributed by atoms with Crippen LogP contribution in [0, 0.1) is 11.8 Å². The van der Waals surface area contributed by atoms with Gasteiger partial charge in [-0.3, -0.25) is 4.79 Å². The fraction of sp³-hybridized carbons (Fsp3) is 0.552. The molecule has 0 aromatic heterocycles. The fourth-order valence-corrected chi connectivity index (χ4v) is 4.85. The summed E-state index contributed by atoms with van der Waals surface area (Å²) in [6.45, 7) is 6.56. The van der Waals surface area contributed by atoms with Crippen LogP contribution in [-0.4, -0.2) is 5.97 Å². The third-order valence-electron chi connectivity index (χ3n) is 6.88. The molecule has 1 aliphatic rings. The first-order valence-corrected chi connectivity index (χ1v) is 12.5. The Kier molecular flexibility index (Phi) is 9.18. The molecule has 2 aromatic rings. The largest absolute Gasteiger partial charge is 0.457 e. The number of rotatable bonds is 10. The summed E-state index contributed by atoms with van der Waals surface area (Å²) in [5.41, 5.74) is 4.92. The smallest absolute Gasteiger partial charge is 0.309 e. The van der Waals surface area contributed by atoms with E-state index >= 15 is 0 Å². The van der Waals surface area contributed by atoms with Gasteiger partial charge in [0, 0.05) is 0 Å². The number of ether oxygens (including phenoxy) is 1. The summed E-state index contributed by atoms with van der Waals surface area (Å²) in [7, 11) is 0. The van der Waals surface area contributed by atoms with Crippen LogP contribution in [0.1, 0.15) is 95.8 Å². The Bertz CT molecular complexity index is 782. The maximum Gasteiger partial charge on any atom is 0.309 e. The minimum Gasteiger partial charge on any atom is -0.457 e. The van der Waals surface area contributed by atoms with Gasteiger partial charge in [0.15, 0.2) is 0 Å². The molecule has 0 bridgehead atoms. The Hall–Kier alpha value is -2.09. The molecule has 168 valence electrons. The van der Waals surface area contributed by atoms with Gasteiger partial charge in [0.05, 0.1) is 5.92 Å². The van der Waals surface area contributed by atoms with Crippen LogP contribution in [0.25, 0.3) is 11.1 Å². The minimum absolute atomic E-state index is 0.0105. The molecule has 31 heavy (non-hydrogen) atoms. The number of hydrogen-bond acceptors (Lipinski definition) is 2. The summed E-state index contributed by atoms with van der Waals surface area (Å²) >= 11 is 0. The van der Waals surface area contributed by atoms with E-state index < -0.39 is 0 Å². The van der Waals surface area contributed by atoms with E-state index in [0.29, 0.717) is 0 Å². The standard InChI is InChI=1S/C29H40O2/c1-4-7-9-23-12-16-27(17-13-23)29(30)31-28(6-3)26-20-18-25(19-21-26)24-14-10-22(8-5-2)11-15-24/h10-11,14-15,18-21,23,27-28H,4-9,12-13,16-17H2,1-3H3. The highest BCUT2D eigenvalue weighted by atomic mass is 16.5. The van der Waals surface area contributed by atoms with Crippen LogP contribution in [0.3, 0.4) is 0 Å². The number of hydrogen-bond donors (Lipinski definition) is 0. The van der Waals surface area contributed by atoms with E-state index in [-0.39, 0.29) is 18.0 Å². The van der Waals surface area contributed by atoms with Gasteiger partial charge in [0.25, 0.3) is 0 Å². The molecule has 0 N–H and O–H groups in total. The van der Waals surface area contributed by atoms with Gasteiger partial charge < -0.3 is 4.74 Å². The van der Waals surface area contributed by atoms with Gasteiger partial charge in [-0.2, -0.15) is 0 Å². The van der Waals surface area contributed by atoms with Crippen molar-refractivity contribution in [3.8, 4) is 11.1 Å². The van der Waals surface area contributed by atoms with Gasteiger partial charge >= 0.3 is 5.97 Å². The predicted molar refractivity (Wildman–Crippen MR) is 130 cm³/mol. The van der Waals surface area contributed by atoms with Crippen molar-refractivity contribution in [3.05, 3.63) is 59.7 Å². The van der Waals surface area contributed by atoms with Crippen molar-refractivity contribution in [1.82, 2.24) is 0 Å². The molecule has 1 unspecified atom stereocenters. The molecule has 3 rings (SSSR count). The van der Waals surface area contributed by atoms with Crippen LogP contribution >= 0.6 is 0 Å². The van der Waals surface area contributed by atoms with Crippen molar-refractivity contribution in [2.24, 2.45) is 11.8 Å². The summed E-state index contributed by atoms with van der Waals surface area (Å²) in [6, 6.07) is 17.4. The van der Waals surface area contributed by atoms with Crippen LogP contribution < -0.4 is 0 Å². The zero-order valence-electron chi connectivity index (χ0n) is 19.7. The van der Waals surface area contributed by atoms with Crippen LogP contribution in [0.2, 0.25) is 0 Å². The number of benzene rings is 2. The van der Waals surface area contributed by atoms with Crippen molar-refractivity contribution in [2.75, 3.05) is 0 Å². The fourth-order valence-electron chi connectivity index (χ4n) is 4.85. The molecular formula is C29H40O2. The highest BCUT2D eigenvalue weighted by Gasteiger charge is 2.28. The second-order valence-electron chi connectivity index (χ2n) is 9.26. The molecule has 0 spiro atoms. The highest BCUT2D eigenvalue weighted by molar-refractivity contribution is 5.73. The maximum atomic E-state index is 12.8. The van der Waals surface area contributed by atoms with Crippen molar-refractivity contribution < 1.29 is 9.53 Å². The molecule has 1 aliphatic carbocycles. The van der Waals surface area contributed by atoms with Crippen LogP contribution in [0.15, 0.2) is 48.5 Å². The first-order valence-electron chi connectivity index (χ1n) is 12.5. The molecule has 2 nitrogen and oxygen atoms in total. The lowest BCUT2D eigenvalue weighted by Crippen LogP contribution is -2.25. The van der Waals surface area contributed by atoms with Gasteiger partial charge in [-0.1, -0.05) is 95.0 Å². The van der Waals surface area contributed by atoms with Crippen LogP contribution in [-0.2, 0) is 16.0 Å². The van der Waals surface area contributed by atoms with E-state index in [9.17, 15) is 4.79 Å². The van der Waals surface area contributed by atoms with Gasteiger partial charge in [-0.05, 0) is 66.7 Å². The van der Waals surface area contributed by atoms with E-state index in [0.717, 1.165) is 37.2 Å². The molecule has 0 heterocycles. The molecule has 2 heteroatoms. The van der Waals surface area contributed by atoms with Gasteiger partial charge in [0.2, 0.25) is 0 Å². The number of carbonyl (C=O) groups is 1. The number of unbranched alkanes of at least 4 members (excludes halogenated alkanes) is 1. The first kappa shape index (κ1) is 23.6. The summed E-state index contributed by atoms with van der Waals surface area (Å²) in [4.78, 5) is 12.8. The SMILES string of the molecule is CCCCC1CCC(C(=O)OC(CC)c2ccc(-c3ccc(CCC)cc3)cc2)CC1. The second-order valence-corrected chi connectivity index (χ2v) is 9.26. The minimum atomic E-state index is -0.147. The molecule has 0 aliphatic heterocycles. The third kappa shape index (κ3) is 6.69. The molecule has 0 saturated heterocycles. The van der Waals surface area contributed by atoms with E-state index in [1.165, 1.54) is 55.2 Å². The first-order chi connectivity index (χ1) is 15.1. The highest BCUT2D eigenvalue weighted by Crippen LogP contribution is 2.34.